The Morgan fingerprint density at radius 2 is 1.91 bits per heavy atom. The Morgan fingerprint density at radius 1 is 1.17 bits per heavy atom. The number of fused-ring (bicyclic) bond motifs is 1. The van der Waals surface area contributed by atoms with E-state index >= 15 is 0 Å². The summed E-state index contributed by atoms with van der Waals surface area (Å²) in [7, 11) is 3.51. The van der Waals surface area contributed by atoms with E-state index in [9.17, 15) is 14.9 Å². The summed E-state index contributed by atoms with van der Waals surface area (Å²) in [5.74, 6) is -0.0371. The van der Waals surface area contributed by atoms with Gasteiger partial charge in [0.1, 0.15) is 5.69 Å². The molecule has 0 aromatic heterocycles. The van der Waals surface area contributed by atoms with Crippen molar-refractivity contribution in [2.24, 2.45) is 0 Å². The van der Waals surface area contributed by atoms with Crippen molar-refractivity contribution in [3.05, 3.63) is 68.6 Å². The van der Waals surface area contributed by atoms with Crippen LogP contribution in [0.1, 0.15) is 15.9 Å². The Hall–Kier alpha value is -2.60. The van der Waals surface area contributed by atoms with Gasteiger partial charge in [0.05, 0.1) is 9.83 Å². The molecule has 1 heterocycles. The molecule has 0 spiro atoms. The maximum atomic E-state index is 12.4. The van der Waals surface area contributed by atoms with E-state index in [1.54, 1.807) is 43.3 Å². The molecule has 1 aliphatic heterocycles. The standard InChI is InChI=1S/C17H14N2O3S/c1-18(2)13-8-7-11(9-14(13)19(21)22)10-16-17(20)12-5-3-4-6-15(12)23-16/h3-10H,1-2H3/b16-10-. The summed E-state index contributed by atoms with van der Waals surface area (Å²) in [5, 5.41) is 11.2. The lowest BCUT2D eigenvalue weighted by Gasteiger charge is -2.12. The van der Waals surface area contributed by atoms with Gasteiger partial charge in [-0.25, -0.2) is 0 Å². The van der Waals surface area contributed by atoms with Crippen LogP contribution in [0.4, 0.5) is 11.4 Å². The van der Waals surface area contributed by atoms with E-state index in [4.69, 9.17) is 0 Å². The number of benzene rings is 2. The Bertz CT molecular complexity index is 843. The minimum absolute atomic E-state index is 0.0253. The number of nitro benzene ring substituents is 1. The van der Waals surface area contributed by atoms with E-state index in [0.29, 0.717) is 21.7 Å². The summed E-state index contributed by atoms with van der Waals surface area (Å²) < 4.78 is 0. The number of nitrogens with zero attached hydrogens (tertiary/aromatic N) is 2. The molecule has 23 heavy (non-hydrogen) atoms. The van der Waals surface area contributed by atoms with Crippen molar-refractivity contribution >= 4 is 35.0 Å². The Balaban J connectivity index is 2.00. The molecule has 6 heteroatoms. The van der Waals surface area contributed by atoms with E-state index in [2.05, 4.69) is 0 Å². The molecule has 0 atom stereocenters. The summed E-state index contributed by atoms with van der Waals surface area (Å²) in [6.45, 7) is 0. The van der Waals surface area contributed by atoms with Gasteiger partial charge >= 0.3 is 0 Å². The second-order valence-corrected chi connectivity index (χ2v) is 6.42. The van der Waals surface area contributed by atoms with Crippen molar-refractivity contribution < 1.29 is 9.72 Å². The first kappa shape index (κ1) is 15.3. The Morgan fingerprint density at radius 3 is 2.57 bits per heavy atom. The lowest BCUT2D eigenvalue weighted by Crippen LogP contribution is -2.11. The number of ketones is 1. The zero-order chi connectivity index (χ0) is 16.6. The molecule has 0 saturated heterocycles. The first-order valence-electron chi connectivity index (χ1n) is 6.96. The van der Waals surface area contributed by atoms with Gasteiger partial charge in [-0.3, -0.25) is 14.9 Å². The number of hydrogen-bond acceptors (Lipinski definition) is 5. The molecule has 1 aliphatic rings. The van der Waals surface area contributed by atoms with Crippen molar-refractivity contribution in [2.45, 2.75) is 4.90 Å². The quantitative estimate of drug-likeness (QED) is 0.485. The van der Waals surface area contributed by atoms with Gasteiger partial charge in [0.2, 0.25) is 5.78 Å². The predicted octanol–water partition coefficient (Wildman–Crippen LogP) is 3.99. The van der Waals surface area contributed by atoms with Gasteiger partial charge < -0.3 is 4.90 Å². The van der Waals surface area contributed by atoms with Gasteiger partial charge in [-0.05, 0) is 29.8 Å². The number of anilines is 1. The highest BCUT2D eigenvalue weighted by molar-refractivity contribution is 8.04. The molecule has 0 N–H and O–H groups in total. The number of carbonyl (C=O) groups excluding carboxylic acids is 1. The van der Waals surface area contributed by atoms with Gasteiger partial charge in [-0.15, -0.1) is 0 Å². The molecule has 0 amide bonds. The van der Waals surface area contributed by atoms with Crippen LogP contribution < -0.4 is 4.90 Å². The minimum atomic E-state index is -0.407. The highest BCUT2D eigenvalue weighted by atomic mass is 32.2. The largest absolute Gasteiger partial charge is 0.372 e. The summed E-state index contributed by atoms with van der Waals surface area (Å²) in [5.41, 5.74) is 1.89. The van der Waals surface area contributed by atoms with Gasteiger partial charge in [-0.2, -0.15) is 0 Å². The van der Waals surface area contributed by atoms with Gasteiger partial charge in [0.15, 0.2) is 0 Å². The third-order valence-corrected chi connectivity index (χ3v) is 4.65. The number of allylic oxidation sites excluding steroid dienone is 1. The van der Waals surface area contributed by atoms with Crippen LogP contribution in [0.15, 0.2) is 52.3 Å². The van der Waals surface area contributed by atoms with E-state index in [1.807, 2.05) is 18.2 Å². The number of hydrogen-bond donors (Lipinski definition) is 0. The molecular formula is C17H14N2O3S. The lowest BCUT2D eigenvalue weighted by atomic mass is 10.1. The molecule has 0 unspecified atom stereocenters. The van der Waals surface area contributed by atoms with E-state index < -0.39 is 4.92 Å². The number of nitro groups is 1. The molecule has 0 saturated carbocycles. The SMILES string of the molecule is CN(C)c1ccc(/C=C2\Sc3ccccc3C2=O)cc1[N+](=O)[O-]. The summed E-state index contributed by atoms with van der Waals surface area (Å²) in [6.07, 6.45) is 1.71. The summed E-state index contributed by atoms with van der Waals surface area (Å²) in [4.78, 5) is 26.4. The third-order valence-electron chi connectivity index (χ3n) is 3.55. The summed E-state index contributed by atoms with van der Waals surface area (Å²) >= 11 is 1.40. The molecule has 0 radical (unpaired) electrons. The molecule has 3 rings (SSSR count). The second kappa shape index (κ2) is 5.89. The summed E-state index contributed by atoms with van der Waals surface area (Å²) in [6, 6.07) is 12.4. The van der Waals surface area contributed by atoms with Crippen LogP contribution in [0.5, 0.6) is 0 Å². The first-order chi connectivity index (χ1) is 11.0. The zero-order valence-corrected chi connectivity index (χ0v) is 13.5. The van der Waals surface area contributed by atoms with Crippen molar-refractivity contribution in [1.82, 2.24) is 0 Å². The van der Waals surface area contributed by atoms with Gasteiger partial charge in [0, 0.05) is 30.6 Å². The van der Waals surface area contributed by atoms with Crippen LogP contribution in [0.25, 0.3) is 6.08 Å². The van der Waals surface area contributed by atoms with Crippen LogP contribution in [0.2, 0.25) is 0 Å². The van der Waals surface area contributed by atoms with Crippen LogP contribution in [-0.4, -0.2) is 24.8 Å². The molecule has 2 aromatic rings. The van der Waals surface area contributed by atoms with E-state index in [1.165, 1.54) is 17.8 Å². The fourth-order valence-electron chi connectivity index (χ4n) is 2.44. The normalized spacial score (nSPS) is 14.9. The topological polar surface area (TPSA) is 63.5 Å². The molecule has 2 aromatic carbocycles. The number of rotatable bonds is 3. The zero-order valence-electron chi connectivity index (χ0n) is 12.6. The van der Waals surface area contributed by atoms with Gasteiger partial charge in [0.25, 0.3) is 5.69 Å². The van der Waals surface area contributed by atoms with Crippen LogP contribution in [0.3, 0.4) is 0 Å². The predicted molar refractivity (Wildman–Crippen MR) is 92.0 cm³/mol. The smallest absolute Gasteiger partial charge is 0.293 e. The molecular weight excluding hydrogens is 312 g/mol. The fraction of sp³-hybridized carbons (Fsp3) is 0.118. The number of Topliss-reactive ketones (excluding diaryl/α,β-unsaturated/α-hetero) is 1. The number of carbonyl (C=O) groups is 1. The Kier molecular flexibility index (Phi) is 3.92. The average Bonchev–Trinajstić information content (AvgIpc) is 2.83. The minimum Gasteiger partial charge on any atom is -0.372 e. The monoisotopic (exact) mass is 326 g/mol. The van der Waals surface area contributed by atoms with Crippen molar-refractivity contribution in [2.75, 3.05) is 19.0 Å². The highest BCUT2D eigenvalue weighted by Gasteiger charge is 2.25. The van der Waals surface area contributed by atoms with E-state index in [0.717, 1.165) is 4.90 Å². The van der Waals surface area contributed by atoms with Crippen molar-refractivity contribution in [3.8, 4) is 0 Å². The van der Waals surface area contributed by atoms with E-state index in [-0.39, 0.29) is 11.5 Å². The highest BCUT2D eigenvalue weighted by Crippen LogP contribution is 2.41. The molecule has 0 fully saturated rings. The first-order valence-corrected chi connectivity index (χ1v) is 7.78. The van der Waals surface area contributed by atoms with Gasteiger partial charge in [-0.1, -0.05) is 30.0 Å². The van der Waals surface area contributed by atoms with Crippen LogP contribution in [0, 0.1) is 10.1 Å². The van der Waals surface area contributed by atoms with Crippen molar-refractivity contribution in [3.63, 3.8) is 0 Å². The maximum Gasteiger partial charge on any atom is 0.293 e. The second-order valence-electron chi connectivity index (χ2n) is 5.34. The fourth-order valence-corrected chi connectivity index (χ4v) is 3.49. The van der Waals surface area contributed by atoms with Crippen LogP contribution >= 0.6 is 11.8 Å². The molecule has 0 bridgehead atoms. The molecule has 0 aliphatic carbocycles. The Labute approximate surface area is 137 Å². The average molecular weight is 326 g/mol. The van der Waals surface area contributed by atoms with Crippen LogP contribution in [-0.2, 0) is 0 Å². The lowest BCUT2D eigenvalue weighted by molar-refractivity contribution is -0.384. The van der Waals surface area contributed by atoms with Crippen molar-refractivity contribution in [1.29, 1.82) is 0 Å². The molecule has 116 valence electrons. The molecule has 5 nitrogen and oxygen atoms in total. The maximum absolute atomic E-state index is 12.4. The number of thioether (sulfide) groups is 1. The third kappa shape index (κ3) is 2.85.